The molecule has 2 heterocycles. The predicted molar refractivity (Wildman–Crippen MR) is 144 cm³/mol. The highest BCUT2D eigenvalue weighted by atomic mass is 32.2. The number of rotatable bonds is 7. The van der Waals surface area contributed by atoms with Crippen molar-refractivity contribution >= 4 is 39.8 Å². The number of hydrogen-bond acceptors (Lipinski definition) is 6. The molecule has 180 valence electrons. The third-order valence-electron chi connectivity index (χ3n) is 5.62. The summed E-state index contributed by atoms with van der Waals surface area (Å²) in [5.74, 6) is 1.11. The maximum absolute atomic E-state index is 12.7. The van der Waals surface area contributed by atoms with Crippen LogP contribution < -0.4 is 9.47 Å². The number of aryl methyl sites for hydroxylation is 2. The number of amidine groups is 2. The Bertz CT molecular complexity index is 1410. The highest BCUT2D eigenvalue weighted by Gasteiger charge is 2.35. The molecule has 0 fully saturated rings. The van der Waals surface area contributed by atoms with Gasteiger partial charge in [0.15, 0.2) is 5.84 Å². The smallest absolute Gasteiger partial charge is 0.283 e. The lowest BCUT2D eigenvalue weighted by molar-refractivity contribution is -0.114. The van der Waals surface area contributed by atoms with Gasteiger partial charge in [-0.05, 0) is 66.6 Å². The van der Waals surface area contributed by atoms with Gasteiger partial charge in [0.1, 0.15) is 29.8 Å². The first-order valence-corrected chi connectivity index (χ1v) is 12.3. The van der Waals surface area contributed by atoms with Crippen LogP contribution in [0.3, 0.4) is 0 Å². The molecule has 0 aromatic heterocycles. The number of ether oxygens (including phenoxy) is 2. The SMILES string of the molecule is Cc1ccc(C)c(OCCOc2ccc(C=C3C(=N)N4N=C(c5ccccc5)SC4=NC3=O)cc2)c1. The van der Waals surface area contributed by atoms with Crippen LogP contribution in [0.15, 0.2) is 88.5 Å². The Morgan fingerprint density at radius 2 is 1.72 bits per heavy atom. The summed E-state index contributed by atoms with van der Waals surface area (Å²) in [5, 5.41) is 15.6. The summed E-state index contributed by atoms with van der Waals surface area (Å²) in [7, 11) is 0. The first-order valence-electron chi connectivity index (χ1n) is 11.5. The second-order valence-electron chi connectivity index (χ2n) is 8.33. The van der Waals surface area contributed by atoms with Crippen LogP contribution in [-0.4, -0.2) is 40.2 Å². The molecule has 0 spiro atoms. The average Bonchev–Trinajstić information content (AvgIpc) is 3.32. The van der Waals surface area contributed by atoms with E-state index in [0.29, 0.717) is 29.2 Å². The monoisotopic (exact) mass is 496 g/mol. The molecular weight excluding hydrogens is 472 g/mol. The zero-order valence-electron chi connectivity index (χ0n) is 19.9. The number of carbonyl (C=O) groups is 1. The van der Waals surface area contributed by atoms with Crippen LogP contribution in [0.1, 0.15) is 22.3 Å². The van der Waals surface area contributed by atoms with E-state index in [1.165, 1.54) is 16.8 Å². The highest BCUT2D eigenvalue weighted by Crippen LogP contribution is 2.31. The number of amides is 1. The molecule has 7 nitrogen and oxygen atoms in total. The van der Waals surface area contributed by atoms with Crippen molar-refractivity contribution in [1.29, 1.82) is 5.41 Å². The van der Waals surface area contributed by atoms with Gasteiger partial charge >= 0.3 is 0 Å². The second kappa shape index (κ2) is 10.2. The summed E-state index contributed by atoms with van der Waals surface area (Å²) in [6.45, 7) is 4.89. The lowest BCUT2D eigenvalue weighted by Crippen LogP contribution is -2.35. The van der Waals surface area contributed by atoms with E-state index in [1.807, 2.05) is 80.6 Å². The number of nitrogens with zero attached hydrogens (tertiary/aromatic N) is 3. The Labute approximate surface area is 213 Å². The van der Waals surface area contributed by atoms with E-state index in [2.05, 4.69) is 16.2 Å². The van der Waals surface area contributed by atoms with Crippen LogP contribution in [0.25, 0.3) is 6.08 Å². The molecule has 0 unspecified atom stereocenters. The number of nitrogens with one attached hydrogen (secondary N) is 1. The summed E-state index contributed by atoms with van der Waals surface area (Å²) >= 11 is 1.29. The van der Waals surface area contributed by atoms with Gasteiger partial charge in [-0.3, -0.25) is 10.2 Å². The molecule has 3 aromatic carbocycles. The molecule has 0 saturated heterocycles. The van der Waals surface area contributed by atoms with Crippen molar-refractivity contribution in [2.75, 3.05) is 13.2 Å². The molecule has 0 aliphatic carbocycles. The van der Waals surface area contributed by atoms with E-state index in [-0.39, 0.29) is 11.4 Å². The van der Waals surface area contributed by atoms with E-state index < -0.39 is 5.91 Å². The van der Waals surface area contributed by atoms with Crippen LogP contribution in [0.4, 0.5) is 0 Å². The van der Waals surface area contributed by atoms with Gasteiger partial charge in [0.2, 0.25) is 5.17 Å². The molecule has 3 aromatic rings. The van der Waals surface area contributed by atoms with Crippen molar-refractivity contribution in [2.24, 2.45) is 10.1 Å². The first-order chi connectivity index (χ1) is 17.5. The van der Waals surface area contributed by atoms with Crippen LogP contribution >= 0.6 is 11.8 Å². The van der Waals surface area contributed by atoms with E-state index in [0.717, 1.165) is 28.0 Å². The lowest BCUT2D eigenvalue weighted by Gasteiger charge is -2.20. The Morgan fingerprint density at radius 1 is 0.972 bits per heavy atom. The van der Waals surface area contributed by atoms with Gasteiger partial charge in [-0.25, -0.2) is 0 Å². The van der Waals surface area contributed by atoms with Crippen LogP contribution in [-0.2, 0) is 4.79 Å². The molecule has 0 bridgehead atoms. The number of hydrazone groups is 1. The largest absolute Gasteiger partial charge is 0.490 e. The zero-order valence-corrected chi connectivity index (χ0v) is 20.7. The Hall–Kier alpha value is -4.17. The molecule has 5 rings (SSSR count). The topological polar surface area (TPSA) is 87.3 Å². The van der Waals surface area contributed by atoms with Crippen molar-refractivity contribution in [1.82, 2.24) is 5.01 Å². The molecule has 2 aliphatic heterocycles. The molecule has 0 atom stereocenters. The van der Waals surface area contributed by atoms with E-state index in [9.17, 15) is 4.79 Å². The summed E-state index contributed by atoms with van der Waals surface area (Å²) < 4.78 is 11.6. The minimum Gasteiger partial charge on any atom is -0.490 e. The van der Waals surface area contributed by atoms with Crippen LogP contribution in [0, 0.1) is 19.3 Å². The van der Waals surface area contributed by atoms with Gasteiger partial charge in [0.25, 0.3) is 5.91 Å². The molecule has 1 amide bonds. The maximum Gasteiger partial charge on any atom is 0.283 e. The van der Waals surface area contributed by atoms with Crippen molar-refractivity contribution in [2.45, 2.75) is 13.8 Å². The summed E-state index contributed by atoms with van der Waals surface area (Å²) in [6, 6.07) is 23.1. The number of carbonyl (C=O) groups excluding carboxylic acids is 1. The molecule has 8 heteroatoms. The van der Waals surface area contributed by atoms with Crippen LogP contribution in [0.2, 0.25) is 0 Å². The van der Waals surface area contributed by atoms with Crippen LogP contribution in [0.5, 0.6) is 11.5 Å². The molecule has 0 saturated carbocycles. The lowest BCUT2D eigenvalue weighted by atomic mass is 10.1. The summed E-state index contributed by atoms with van der Waals surface area (Å²) in [6.07, 6.45) is 1.65. The minimum atomic E-state index is -0.452. The Morgan fingerprint density at radius 3 is 2.50 bits per heavy atom. The molecule has 0 radical (unpaired) electrons. The van der Waals surface area contributed by atoms with Gasteiger partial charge in [0.05, 0.1) is 5.57 Å². The molecular formula is C28H24N4O3S. The number of fused-ring (bicyclic) bond motifs is 1. The normalized spacial score (nSPS) is 16.1. The fourth-order valence-corrected chi connectivity index (χ4v) is 4.59. The first kappa shape index (κ1) is 23.6. The quantitative estimate of drug-likeness (QED) is 0.348. The second-order valence-corrected chi connectivity index (χ2v) is 9.28. The van der Waals surface area contributed by atoms with Gasteiger partial charge in [-0.1, -0.05) is 54.6 Å². The van der Waals surface area contributed by atoms with E-state index >= 15 is 0 Å². The van der Waals surface area contributed by atoms with Gasteiger partial charge < -0.3 is 9.47 Å². The third-order valence-corrected chi connectivity index (χ3v) is 6.58. The Kier molecular flexibility index (Phi) is 6.69. The van der Waals surface area contributed by atoms with Crippen molar-refractivity contribution in [3.8, 4) is 11.5 Å². The summed E-state index contributed by atoms with van der Waals surface area (Å²) in [5.41, 5.74) is 4.11. The van der Waals surface area contributed by atoms with Crippen molar-refractivity contribution in [3.63, 3.8) is 0 Å². The van der Waals surface area contributed by atoms with E-state index in [1.54, 1.807) is 6.08 Å². The molecule has 1 N–H and O–H groups in total. The number of thioether (sulfide) groups is 1. The van der Waals surface area contributed by atoms with Crippen molar-refractivity contribution in [3.05, 3.63) is 101 Å². The highest BCUT2D eigenvalue weighted by molar-refractivity contribution is 8.27. The predicted octanol–water partition coefficient (Wildman–Crippen LogP) is 5.43. The third kappa shape index (κ3) is 5.08. The van der Waals surface area contributed by atoms with Gasteiger partial charge in [-0.15, -0.1) is 0 Å². The van der Waals surface area contributed by atoms with Gasteiger partial charge in [-0.2, -0.15) is 15.1 Å². The molecule has 2 aliphatic rings. The number of benzene rings is 3. The average molecular weight is 497 g/mol. The number of hydrogen-bond donors (Lipinski definition) is 1. The van der Waals surface area contributed by atoms with Gasteiger partial charge in [0, 0.05) is 5.56 Å². The fourth-order valence-electron chi connectivity index (χ4n) is 3.69. The maximum atomic E-state index is 12.7. The Balaban J connectivity index is 1.22. The standard InChI is InChI=1S/C28H24N4O3S/c1-18-8-9-19(2)24(16-18)35-15-14-34-22-12-10-20(11-13-22)17-23-25(29)32-28(30-26(23)33)36-27(31-32)21-6-4-3-5-7-21/h3-13,16-17,29H,14-15H2,1-2H3. The zero-order chi connectivity index (χ0) is 25.1. The minimum absolute atomic E-state index is 0.00680. The van der Waals surface area contributed by atoms with E-state index in [4.69, 9.17) is 14.9 Å². The summed E-state index contributed by atoms with van der Waals surface area (Å²) in [4.78, 5) is 16.8. The number of aliphatic imine (C=N–C) groups is 1. The fraction of sp³-hybridized carbons (Fsp3) is 0.143. The van der Waals surface area contributed by atoms with Crippen molar-refractivity contribution < 1.29 is 14.3 Å². The molecule has 36 heavy (non-hydrogen) atoms.